The number of carbonyl (C=O) groups excluding carboxylic acids is 1. The summed E-state index contributed by atoms with van der Waals surface area (Å²) in [6, 6.07) is 7.56. The van der Waals surface area contributed by atoms with Crippen LogP contribution in [0.1, 0.15) is 32.8 Å². The first-order valence-corrected chi connectivity index (χ1v) is 7.18. The summed E-state index contributed by atoms with van der Waals surface area (Å²) >= 11 is 0. The molecule has 0 saturated heterocycles. The van der Waals surface area contributed by atoms with E-state index in [0.717, 1.165) is 25.1 Å². The van der Waals surface area contributed by atoms with Crippen LogP contribution >= 0.6 is 0 Å². The van der Waals surface area contributed by atoms with Crippen LogP contribution in [0.3, 0.4) is 0 Å². The van der Waals surface area contributed by atoms with Gasteiger partial charge in [-0.25, -0.2) is 0 Å². The van der Waals surface area contributed by atoms with Crippen molar-refractivity contribution in [2.75, 3.05) is 18.8 Å². The topological polar surface area (TPSA) is 46.3 Å². The van der Waals surface area contributed by atoms with Crippen molar-refractivity contribution in [1.82, 2.24) is 4.90 Å². The first-order chi connectivity index (χ1) is 9.36. The number of benzene rings is 1. The molecule has 0 aromatic heterocycles. The number of nitrogen functional groups attached to an aromatic ring is 1. The van der Waals surface area contributed by atoms with Gasteiger partial charge >= 0.3 is 0 Å². The zero-order valence-corrected chi connectivity index (χ0v) is 12.6. The Bertz CT molecular complexity index is 526. The van der Waals surface area contributed by atoms with Crippen LogP contribution in [0.4, 0.5) is 5.69 Å². The van der Waals surface area contributed by atoms with Gasteiger partial charge in [-0.2, -0.15) is 0 Å². The number of carbonyl (C=O) groups is 1. The molecule has 0 saturated carbocycles. The molecule has 0 aliphatic carbocycles. The van der Waals surface area contributed by atoms with E-state index >= 15 is 0 Å². The Balaban J connectivity index is 1.97. The summed E-state index contributed by atoms with van der Waals surface area (Å²) in [6.45, 7) is 8.23. The van der Waals surface area contributed by atoms with E-state index in [9.17, 15) is 4.79 Å². The molecular weight excluding hydrogens is 248 g/mol. The summed E-state index contributed by atoms with van der Waals surface area (Å²) in [5, 5.41) is 0. The van der Waals surface area contributed by atoms with E-state index in [1.807, 2.05) is 29.2 Å². The summed E-state index contributed by atoms with van der Waals surface area (Å²) < 4.78 is 0. The second-order valence-corrected chi connectivity index (χ2v) is 6.49. The Morgan fingerprint density at radius 2 is 2.10 bits per heavy atom. The van der Waals surface area contributed by atoms with Crippen molar-refractivity contribution < 1.29 is 4.79 Å². The molecule has 2 rings (SSSR count). The zero-order valence-electron chi connectivity index (χ0n) is 12.6. The van der Waals surface area contributed by atoms with Crippen LogP contribution in [0.2, 0.25) is 0 Å². The Morgan fingerprint density at radius 3 is 2.65 bits per heavy atom. The first kappa shape index (κ1) is 14.6. The predicted octanol–water partition coefficient (Wildman–Crippen LogP) is 3.02. The van der Waals surface area contributed by atoms with Crippen LogP contribution in [0, 0.1) is 5.41 Å². The molecule has 108 valence electrons. The smallest absolute Gasteiger partial charge is 0.227 e. The molecular formula is C17H24N2O. The fourth-order valence-electron chi connectivity index (χ4n) is 2.57. The minimum atomic E-state index is 0.180. The van der Waals surface area contributed by atoms with Crippen LogP contribution in [0.5, 0.6) is 0 Å². The Hall–Kier alpha value is -1.77. The summed E-state index contributed by atoms with van der Waals surface area (Å²) in [5.74, 6) is 0.180. The van der Waals surface area contributed by atoms with Crippen LogP contribution in [0.15, 0.2) is 35.9 Å². The van der Waals surface area contributed by atoms with Gasteiger partial charge in [-0.3, -0.25) is 4.79 Å². The van der Waals surface area contributed by atoms with E-state index in [2.05, 4.69) is 26.8 Å². The summed E-state index contributed by atoms with van der Waals surface area (Å²) in [6.07, 6.45) is 3.62. The number of anilines is 1. The number of nitrogens with zero attached hydrogens (tertiary/aromatic N) is 1. The number of hydrogen-bond donors (Lipinski definition) is 1. The molecule has 2 N–H and O–H groups in total. The van der Waals surface area contributed by atoms with Crippen molar-refractivity contribution in [3.8, 4) is 0 Å². The molecule has 0 unspecified atom stereocenters. The fourth-order valence-corrected chi connectivity index (χ4v) is 2.57. The zero-order chi connectivity index (χ0) is 14.8. The van der Waals surface area contributed by atoms with Crippen molar-refractivity contribution in [2.24, 2.45) is 5.41 Å². The average Bonchev–Trinajstić information content (AvgIpc) is 2.38. The maximum absolute atomic E-state index is 12.3. The highest BCUT2D eigenvalue weighted by Crippen LogP contribution is 2.30. The van der Waals surface area contributed by atoms with Gasteiger partial charge in [0.2, 0.25) is 5.91 Å². The maximum Gasteiger partial charge on any atom is 0.227 e. The minimum Gasteiger partial charge on any atom is -0.399 e. The first-order valence-electron chi connectivity index (χ1n) is 7.18. The molecule has 1 heterocycles. The molecule has 1 aromatic rings. The largest absolute Gasteiger partial charge is 0.399 e. The van der Waals surface area contributed by atoms with Crippen LogP contribution in [0.25, 0.3) is 0 Å². The second kappa shape index (κ2) is 5.70. The average molecular weight is 272 g/mol. The lowest BCUT2D eigenvalue weighted by Gasteiger charge is -2.32. The third-order valence-corrected chi connectivity index (χ3v) is 3.83. The summed E-state index contributed by atoms with van der Waals surface area (Å²) in [7, 11) is 0. The van der Waals surface area contributed by atoms with Gasteiger partial charge in [-0.15, -0.1) is 0 Å². The molecule has 0 radical (unpaired) electrons. The lowest BCUT2D eigenvalue weighted by Crippen LogP contribution is -2.37. The molecule has 1 aliphatic heterocycles. The van der Waals surface area contributed by atoms with Crippen LogP contribution < -0.4 is 5.73 Å². The highest BCUT2D eigenvalue weighted by molar-refractivity contribution is 5.79. The third-order valence-electron chi connectivity index (χ3n) is 3.83. The van der Waals surface area contributed by atoms with Gasteiger partial charge in [0.05, 0.1) is 6.42 Å². The number of rotatable bonds is 2. The lowest BCUT2D eigenvalue weighted by atomic mass is 9.83. The van der Waals surface area contributed by atoms with E-state index in [4.69, 9.17) is 5.73 Å². The van der Waals surface area contributed by atoms with E-state index in [1.54, 1.807) is 0 Å². The van der Waals surface area contributed by atoms with E-state index in [0.29, 0.717) is 12.1 Å². The van der Waals surface area contributed by atoms with Gasteiger partial charge < -0.3 is 10.6 Å². The molecule has 0 fully saturated rings. The Morgan fingerprint density at radius 1 is 1.35 bits per heavy atom. The van der Waals surface area contributed by atoms with E-state index < -0.39 is 0 Å². The highest BCUT2D eigenvalue weighted by Gasteiger charge is 2.23. The maximum atomic E-state index is 12.3. The van der Waals surface area contributed by atoms with Crippen LogP contribution in [-0.2, 0) is 11.2 Å². The SMILES string of the molecule is CC(C)(C)C1=CCN(C(=O)Cc2cccc(N)c2)CC1. The molecule has 0 atom stereocenters. The molecule has 3 nitrogen and oxygen atoms in total. The summed E-state index contributed by atoms with van der Waals surface area (Å²) in [5.41, 5.74) is 9.10. The van der Waals surface area contributed by atoms with Crippen molar-refractivity contribution in [3.05, 3.63) is 41.5 Å². The molecule has 1 aliphatic rings. The van der Waals surface area contributed by atoms with Crippen LogP contribution in [-0.4, -0.2) is 23.9 Å². The quantitative estimate of drug-likeness (QED) is 0.664. The standard InChI is InChI=1S/C17H24N2O/c1-17(2,3)14-7-9-19(10-8-14)16(20)12-13-5-4-6-15(18)11-13/h4-7,11H,8-10,12,18H2,1-3H3. The normalized spacial score (nSPS) is 15.9. The van der Waals surface area contributed by atoms with E-state index in [-0.39, 0.29) is 11.3 Å². The van der Waals surface area contributed by atoms with Gasteiger partial charge in [0, 0.05) is 18.8 Å². The third kappa shape index (κ3) is 3.62. The van der Waals surface area contributed by atoms with Crippen molar-refractivity contribution >= 4 is 11.6 Å². The van der Waals surface area contributed by atoms with Gasteiger partial charge in [0.15, 0.2) is 0 Å². The summed E-state index contributed by atoms with van der Waals surface area (Å²) in [4.78, 5) is 14.2. The Labute approximate surface area is 121 Å². The van der Waals surface area contributed by atoms with Gasteiger partial charge in [0.1, 0.15) is 0 Å². The van der Waals surface area contributed by atoms with Gasteiger partial charge in [-0.05, 0) is 29.5 Å². The monoisotopic (exact) mass is 272 g/mol. The molecule has 1 aromatic carbocycles. The van der Waals surface area contributed by atoms with Crippen molar-refractivity contribution in [1.29, 1.82) is 0 Å². The predicted molar refractivity (Wildman–Crippen MR) is 83.3 cm³/mol. The highest BCUT2D eigenvalue weighted by atomic mass is 16.2. The van der Waals surface area contributed by atoms with Gasteiger partial charge in [0.25, 0.3) is 0 Å². The number of amides is 1. The van der Waals surface area contributed by atoms with Crippen molar-refractivity contribution in [2.45, 2.75) is 33.6 Å². The Kier molecular flexibility index (Phi) is 4.17. The molecule has 0 bridgehead atoms. The minimum absolute atomic E-state index is 0.180. The molecule has 0 spiro atoms. The molecule has 1 amide bonds. The van der Waals surface area contributed by atoms with Crippen molar-refractivity contribution in [3.63, 3.8) is 0 Å². The second-order valence-electron chi connectivity index (χ2n) is 6.49. The van der Waals surface area contributed by atoms with E-state index in [1.165, 1.54) is 5.57 Å². The fraction of sp³-hybridized carbons (Fsp3) is 0.471. The number of nitrogens with two attached hydrogens (primary N) is 1. The number of hydrogen-bond acceptors (Lipinski definition) is 2. The van der Waals surface area contributed by atoms with Gasteiger partial charge in [-0.1, -0.05) is 44.6 Å². The molecule has 3 heteroatoms. The molecule has 20 heavy (non-hydrogen) atoms. The lowest BCUT2D eigenvalue weighted by molar-refractivity contribution is -0.130.